The molecule has 0 saturated heterocycles. The Balaban J connectivity index is 0.982. The molecule has 1 aliphatic carbocycles. The number of imide groups is 2. The van der Waals surface area contributed by atoms with Gasteiger partial charge in [0.1, 0.15) is 11.5 Å². The van der Waals surface area contributed by atoms with Crippen LogP contribution in [0.3, 0.4) is 0 Å². The van der Waals surface area contributed by atoms with Crippen LogP contribution in [0.2, 0.25) is 0 Å². The molecular formula is C81H105N5O11. The summed E-state index contributed by atoms with van der Waals surface area (Å²) in [5.74, 6) is -3.20. The number of ether oxygens (including phenoxy) is 1. The summed E-state index contributed by atoms with van der Waals surface area (Å²) in [7, 11) is 0. The minimum Gasteiger partial charge on any atom is -0.494 e. The number of Topliss-reactive ketones (excluding diaryl/α,β-unsaturated/α-hetero) is 2. The lowest BCUT2D eigenvalue weighted by molar-refractivity contribution is -0.156. The van der Waals surface area contributed by atoms with Gasteiger partial charge in [-0.25, -0.2) is 14.4 Å². The Bertz CT molecular complexity index is 3780. The Hall–Kier alpha value is -8.24. The van der Waals surface area contributed by atoms with Gasteiger partial charge in [0.15, 0.2) is 5.78 Å². The van der Waals surface area contributed by atoms with Gasteiger partial charge in [0.2, 0.25) is 23.6 Å². The fourth-order valence-corrected chi connectivity index (χ4v) is 16.2. The molecule has 16 nitrogen and oxygen atoms in total. The highest BCUT2D eigenvalue weighted by atomic mass is 16.5. The van der Waals surface area contributed by atoms with E-state index in [1.165, 1.54) is 80.2 Å². The largest absolute Gasteiger partial charge is 0.494 e. The highest BCUT2D eigenvalue weighted by molar-refractivity contribution is 6.29. The first-order chi connectivity index (χ1) is 46.2. The molecule has 0 radical (unpaired) electrons. The number of ketones is 2. The van der Waals surface area contributed by atoms with E-state index < -0.39 is 35.2 Å². The molecule has 520 valence electrons. The van der Waals surface area contributed by atoms with Crippen molar-refractivity contribution in [1.29, 1.82) is 0 Å². The summed E-state index contributed by atoms with van der Waals surface area (Å²) in [6, 6.07) is 17.0. The Labute approximate surface area is 575 Å². The molecule has 1 aromatic heterocycles. The third-order valence-corrected chi connectivity index (χ3v) is 21.1. The summed E-state index contributed by atoms with van der Waals surface area (Å²) in [6.07, 6.45) is 14.7. The summed E-state index contributed by atoms with van der Waals surface area (Å²) < 4.78 is 8.62. The van der Waals surface area contributed by atoms with E-state index in [0.29, 0.717) is 113 Å². The Kier molecular flexibility index (Phi) is 24.2. The van der Waals surface area contributed by atoms with Gasteiger partial charge in [-0.3, -0.25) is 38.4 Å². The zero-order valence-corrected chi connectivity index (χ0v) is 60.6. The predicted octanol–water partition coefficient (Wildman–Crippen LogP) is 14.5. The van der Waals surface area contributed by atoms with Gasteiger partial charge in [-0.1, -0.05) is 125 Å². The van der Waals surface area contributed by atoms with Crippen LogP contribution in [0.4, 0.5) is 17.1 Å². The molecule has 5 unspecified atom stereocenters. The van der Waals surface area contributed by atoms with Crippen LogP contribution in [0.1, 0.15) is 234 Å². The zero-order chi connectivity index (χ0) is 71.1. The summed E-state index contributed by atoms with van der Waals surface area (Å²) >= 11 is 0. The molecule has 8 rings (SSSR count). The topological polar surface area (TPSA) is 204 Å². The van der Waals surface area contributed by atoms with Gasteiger partial charge in [0, 0.05) is 74.6 Å². The number of carbonyl (C=O) groups is 8. The molecule has 3 heterocycles. The summed E-state index contributed by atoms with van der Waals surface area (Å²) in [6.45, 7) is 31.3. The van der Waals surface area contributed by atoms with Crippen molar-refractivity contribution >= 4 is 64.1 Å². The first kappa shape index (κ1) is 74.5. The van der Waals surface area contributed by atoms with E-state index >= 15 is 4.79 Å². The van der Waals surface area contributed by atoms with Gasteiger partial charge < -0.3 is 24.7 Å². The molecule has 97 heavy (non-hydrogen) atoms. The average Bonchev–Trinajstić information content (AvgIpc) is 1.75. The molecule has 3 aliphatic rings. The van der Waals surface area contributed by atoms with E-state index in [4.69, 9.17) is 4.74 Å². The van der Waals surface area contributed by atoms with E-state index in [1.54, 1.807) is 4.90 Å². The number of benzene rings is 4. The highest BCUT2D eigenvalue weighted by Crippen LogP contribution is 2.45. The van der Waals surface area contributed by atoms with Crippen molar-refractivity contribution in [2.75, 3.05) is 14.7 Å². The first-order valence-electron chi connectivity index (χ1n) is 35.8. The van der Waals surface area contributed by atoms with Crippen LogP contribution in [-0.2, 0) is 114 Å². The smallest absolute Gasteiger partial charge is 0.258 e. The first-order valence-corrected chi connectivity index (χ1v) is 35.8. The number of rotatable bonds is 31. The third kappa shape index (κ3) is 15.4. The second-order valence-corrected chi connectivity index (χ2v) is 27.4. The second kappa shape index (κ2) is 31.5. The fourth-order valence-electron chi connectivity index (χ4n) is 16.2. The highest BCUT2D eigenvalue weighted by Gasteiger charge is 2.47. The molecular weight excluding hydrogens is 1220 g/mol. The van der Waals surface area contributed by atoms with Gasteiger partial charge in [-0.2, -0.15) is 0 Å². The summed E-state index contributed by atoms with van der Waals surface area (Å²) in [5, 5.41) is 24.3. The zero-order valence-electron chi connectivity index (χ0n) is 60.6. The SMILES string of the molecule is CCc1cc(Cc2cc(CC)c(N3C(=O)C=CC3=O)c(CC)c2)cc(CC)c1CCC1CC(=O)CC(N(C(C)=O)C(C)(CC)CC(C)OC(CC)(CC)CC(C)N(C(C)=O)c2cc(O)n(-c3c(CC)cc(Cc4cc(CC)c(N5C(=O)C=CC5=O)c(CC)c4)cc3CC)c2O)C1=O. The second-order valence-electron chi connectivity index (χ2n) is 27.4. The van der Waals surface area contributed by atoms with Crippen LogP contribution in [0, 0.1) is 5.92 Å². The average molecular weight is 1320 g/mol. The molecule has 5 aromatic rings. The number of anilines is 3. The number of carbonyl (C=O) groups excluding carboxylic acids is 8. The van der Waals surface area contributed by atoms with Crippen LogP contribution >= 0.6 is 0 Å². The number of aryl methyl sites for hydroxylation is 8. The molecule has 4 aromatic carbocycles. The lowest BCUT2D eigenvalue weighted by atomic mass is 9.76. The van der Waals surface area contributed by atoms with Crippen LogP contribution in [0.25, 0.3) is 5.69 Å². The van der Waals surface area contributed by atoms with Crippen LogP contribution in [0.15, 0.2) is 78.9 Å². The normalized spacial score (nSPS) is 17.1. The van der Waals surface area contributed by atoms with Crippen molar-refractivity contribution in [3.05, 3.63) is 151 Å². The minimum absolute atomic E-state index is 0.0452. The number of aromatic hydroxyl groups is 2. The molecule has 1 saturated carbocycles. The quantitative estimate of drug-likeness (QED) is 0.0399. The van der Waals surface area contributed by atoms with Crippen molar-refractivity contribution in [3.63, 3.8) is 0 Å². The van der Waals surface area contributed by atoms with Gasteiger partial charge in [-0.05, 0) is 202 Å². The monoisotopic (exact) mass is 1320 g/mol. The lowest BCUT2D eigenvalue weighted by Crippen LogP contribution is -2.60. The van der Waals surface area contributed by atoms with E-state index in [0.717, 1.165) is 68.5 Å². The van der Waals surface area contributed by atoms with Crippen molar-refractivity contribution in [2.45, 2.75) is 262 Å². The maximum absolute atomic E-state index is 15.0. The van der Waals surface area contributed by atoms with Crippen LogP contribution in [0.5, 0.6) is 11.8 Å². The number of amides is 6. The Morgan fingerprint density at radius 1 is 0.536 bits per heavy atom. The van der Waals surface area contributed by atoms with Gasteiger partial charge >= 0.3 is 0 Å². The molecule has 1 fully saturated rings. The van der Waals surface area contributed by atoms with Gasteiger partial charge in [0.25, 0.3) is 23.6 Å². The van der Waals surface area contributed by atoms with Crippen molar-refractivity contribution < 1.29 is 53.3 Å². The van der Waals surface area contributed by atoms with Crippen molar-refractivity contribution in [1.82, 2.24) is 9.47 Å². The Morgan fingerprint density at radius 2 is 0.928 bits per heavy atom. The van der Waals surface area contributed by atoms with E-state index in [1.807, 2.05) is 83.1 Å². The summed E-state index contributed by atoms with van der Waals surface area (Å²) in [4.78, 5) is 114. The lowest BCUT2D eigenvalue weighted by Gasteiger charge is -2.48. The van der Waals surface area contributed by atoms with Crippen LogP contribution < -0.4 is 14.7 Å². The Morgan fingerprint density at radius 3 is 1.29 bits per heavy atom. The molecule has 0 bridgehead atoms. The van der Waals surface area contributed by atoms with Gasteiger partial charge in [-0.15, -0.1) is 0 Å². The molecule has 6 amide bonds. The van der Waals surface area contributed by atoms with Crippen molar-refractivity contribution in [2.24, 2.45) is 5.92 Å². The molecule has 2 N–H and O–H groups in total. The molecule has 0 spiro atoms. The third-order valence-electron chi connectivity index (χ3n) is 21.1. The molecule has 2 aliphatic heterocycles. The maximum atomic E-state index is 15.0. The fraction of sp³-hybridized carbons (Fsp3) is 0.506. The van der Waals surface area contributed by atoms with Crippen molar-refractivity contribution in [3.8, 4) is 17.4 Å². The number of hydrogen-bond acceptors (Lipinski definition) is 11. The maximum Gasteiger partial charge on any atom is 0.258 e. The standard InChI is InChI=1S/C81H105N5O11/c1-17-57-36-53(34-54-38-59(19-3)75(60(20-4)39-54)83-70(90)30-31-71(83)91)37-58(18-2)67(57)29-28-65-44-66(89)45-68(78(65)95)86(52(15)88)80(16,25-9)48-50(13)97-81(26-10,27-11)47-49(12)82(51(14)87)69-46-74(94)85(79(69)96)77-63(23-7)42-56(43-64(77)24-8)35-55-40-61(21-5)76(62(22-6)41-55)84-72(92)32-33-73(84)93/h30-33,36-43,46,49-50,65,68,94,96H,17-29,34-35,44-45,47-48H2,1-16H3. The molecule has 5 atom stereocenters. The van der Waals surface area contributed by atoms with E-state index in [9.17, 15) is 43.8 Å². The number of aromatic nitrogens is 1. The van der Waals surface area contributed by atoms with E-state index in [2.05, 4.69) is 62.4 Å². The minimum atomic E-state index is -0.943. The number of nitrogens with zero attached hydrogens (tertiary/aromatic N) is 5. The van der Waals surface area contributed by atoms with Crippen LogP contribution in [-0.4, -0.2) is 96.0 Å². The summed E-state index contributed by atoms with van der Waals surface area (Å²) in [5.41, 5.74) is 13.8. The molecule has 16 heteroatoms. The van der Waals surface area contributed by atoms with E-state index in [-0.39, 0.29) is 77.3 Å². The number of hydrogen-bond donors (Lipinski definition) is 2. The van der Waals surface area contributed by atoms with Gasteiger partial charge in [0.05, 0.1) is 34.8 Å². The predicted molar refractivity (Wildman–Crippen MR) is 384 cm³/mol.